The van der Waals surface area contributed by atoms with Crippen molar-refractivity contribution in [2.45, 2.75) is 0 Å². The second kappa shape index (κ2) is 2.13. The van der Waals surface area contributed by atoms with E-state index in [9.17, 15) is 0 Å². The zero-order valence-electron chi connectivity index (χ0n) is 5.50. The fourth-order valence-electron chi connectivity index (χ4n) is 0.969. The molecular formula is C7H5ClN2O. The van der Waals surface area contributed by atoms with Gasteiger partial charge in [0.1, 0.15) is 0 Å². The predicted octanol–water partition coefficient (Wildman–Crippen LogP) is 1.92. The molecule has 2 aromatic heterocycles. The van der Waals surface area contributed by atoms with E-state index < -0.39 is 0 Å². The van der Waals surface area contributed by atoms with Gasteiger partial charge in [-0.3, -0.25) is 4.98 Å². The number of nitrogens with zero attached hydrogens (tertiary/aromatic N) is 1. The normalized spacial score (nSPS) is 10.6. The molecule has 0 aliphatic carbocycles. The molecule has 2 heterocycles. The number of aromatic nitrogens is 2. The van der Waals surface area contributed by atoms with Crippen LogP contribution in [0.4, 0.5) is 0 Å². The molecule has 3 nitrogen and oxygen atoms in total. The van der Waals surface area contributed by atoms with Crippen molar-refractivity contribution in [3.05, 3.63) is 23.4 Å². The predicted molar refractivity (Wildman–Crippen MR) is 42.8 cm³/mol. The summed E-state index contributed by atoms with van der Waals surface area (Å²) in [7, 11) is 0. The summed E-state index contributed by atoms with van der Waals surface area (Å²) < 4.78 is 0. The van der Waals surface area contributed by atoms with Gasteiger partial charge >= 0.3 is 0 Å². The minimum atomic E-state index is 0.106. The van der Waals surface area contributed by atoms with Crippen molar-refractivity contribution in [1.29, 1.82) is 0 Å². The van der Waals surface area contributed by atoms with Crippen LogP contribution in [0.3, 0.4) is 0 Å². The first-order valence-electron chi connectivity index (χ1n) is 3.09. The van der Waals surface area contributed by atoms with Gasteiger partial charge in [-0.25, -0.2) is 0 Å². The first-order chi connectivity index (χ1) is 5.25. The minimum Gasteiger partial charge on any atom is -0.495 e. The average molecular weight is 169 g/mol. The highest BCUT2D eigenvalue weighted by Crippen LogP contribution is 2.19. The Hall–Kier alpha value is -1.22. The quantitative estimate of drug-likeness (QED) is 0.632. The van der Waals surface area contributed by atoms with Gasteiger partial charge in [-0.15, -0.1) is 0 Å². The van der Waals surface area contributed by atoms with Gasteiger partial charge in [0.05, 0.1) is 16.1 Å². The fourth-order valence-corrected chi connectivity index (χ4v) is 1.13. The Bertz CT molecular complexity index is 396. The summed E-state index contributed by atoms with van der Waals surface area (Å²) in [6, 6.07) is 3.26. The van der Waals surface area contributed by atoms with Crippen molar-refractivity contribution < 1.29 is 5.11 Å². The standard InChI is InChI=1S/C7H5ClN2O/c8-4-1-6-5(9-3-4)2-7(11)10-6/h1-3,10-11H. The number of pyridine rings is 1. The van der Waals surface area contributed by atoms with Gasteiger partial charge < -0.3 is 10.1 Å². The fraction of sp³-hybridized carbons (Fsp3) is 0. The Morgan fingerprint density at radius 3 is 3.09 bits per heavy atom. The van der Waals surface area contributed by atoms with Crippen LogP contribution in [0, 0.1) is 0 Å². The summed E-state index contributed by atoms with van der Waals surface area (Å²) in [5, 5.41) is 9.56. The lowest BCUT2D eigenvalue weighted by Gasteiger charge is -1.87. The SMILES string of the molecule is Oc1cc2ncc(Cl)cc2[nH]1. The lowest BCUT2D eigenvalue weighted by atomic mass is 10.4. The smallest absolute Gasteiger partial charge is 0.190 e. The molecule has 0 radical (unpaired) electrons. The molecule has 0 aromatic carbocycles. The molecule has 0 unspecified atom stereocenters. The minimum absolute atomic E-state index is 0.106. The number of aromatic amines is 1. The Labute approximate surface area is 67.6 Å². The summed E-state index contributed by atoms with van der Waals surface area (Å²) in [6.07, 6.45) is 1.54. The van der Waals surface area contributed by atoms with E-state index in [0.717, 1.165) is 5.52 Å². The van der Waals surface area contributed by atoms with Crippen LogP contribution < -0.4 is 0 Å². The monoisotopic (exact) mass is 168 g/mol. The van der Waals surface area contributed by atoms with E-state index in [1.807, 2.05) is 0 Å². The summed E-state index contributed by atoms with van der Waals surface area (Å²) in [5.74, 6) is 0.106. The van der Waals surface area contributed by atoms with Crippen LogP contribution in [0.25, 0.3) is 11.0 Å². The number of halogens is 1. The van der Waals surface area contributed by atoms with Crippen molar-refractivity contribution >= 4 is 22.6 Å². The van der Waals surface area contributed by atoms with Crippen molar-refractivity contribution in [1.82, 2.24) is 9.97 Å². The molecule has 0 spiro atoms. The maximum absolute atomic E-state index is 9.01. The van der Waals surface area contributed by atoms with E-state index in [1.165, 1.54) is 6.20 Å². The topological polar surface area (TPSA) is 48.9 Å². The molecule has 2 N–H and O–H groups in total. The molecule has 0 saturated heterocycles. The van der Waals surface area contributed by atoms with Crippen LogP contribution in [-0.2, 0) is 0 Å². The molecule has 0 saturated carbocycles. The summed E-state index contributed by atoms with van der Waals surface area (Å²) in [4.78, 5) is 6.69. The van der Waals surface area contributed by atoms with Crippen LogP contribution in [0.15, 0.2) is 18.3 Å². The first-order valence-corrected chi connectivity index (χ1v) is 3.47. The Balaban J connectivity index is 2.82. The summed E-state index contributed by atoms with van der Waals surface area (Å²) in [5.41, 5.74) is 1.46. The maximum Gasteiger partial charge on any atom is 0.190 e. The third-order valence-electron chi connectivity index (χ3n) is 1.42. The number of nitrogens with one attached hydrogen (secondary N) is 1. The number of hydrogen-bond acceptors (Lipinski definition) is 2. The van der Waals surface area contributed by atoms with Crippen molar-refractivity contribution in [3.8, 4) is 5.88 Å². The second-order valence-corrected chi connectivity index (χ2v) is 2.68. The van der Waals surface area contributed by atoms with Gasteiger partial charge in [-0.1, -0.05) is 11.6 Å². The van der Waals surface area contributed by atoms with E-state index in [4.69, 9.17) is 16.7 Å². The summed E-state index contributed by atoms with van der Waals surface area (Å²) in [6.45, 7) is 0. The molecule has 0 bridgehead atoms. The van der Waals surface area contributed by atoms with E-state index in [2.05, 4.69) is 9.97 Å². The third kappa shape index (κ3) is 1.03. The van der Waals surface area contributed by atoms with Crippen molar-refractivity contribution in [2.75, 3.05) is 0 Å². The number of hydrogen-bond donors (Lipinski definition) is 2. The highest BCUT2D eigenvalue weighted by atomic mass is 35.5. The van der Waals surface area contributed by atoms with Crippen LogP contribution in [0.2, 0.25) is 5.02 Å². The van der Waals surface area contributed by atoms with Gasteiger partial charge in [0.15, 0.2) is 5.88 Å². The zero-order chi connectivity index (χ0) is 7.84. The molecule has 0 atom stereocenters. The average Bonchev–Trinajstić information content (AvgIpc) is 2.27. The number of aromatic hydroxyl groups is 1. The highest BCUT2D eigenvalue weighted by Gasteiger charge is 1.99. The van der Waals surface area contributed by atoms with Gasteiger partial charge in [0, 0.05) is 12.3 Å². The molecule has 4 heteroatoms. The molecular weight excluding hydrogens is 164 g/mol. The molecule has 0 fully saturated rings. The molecule has 0 aliphatic heterocycles. The number of rotatable bonds is 0. The number of H-pyrrole nitrogens is 1. The van der Waals surface area contributed by atoms with E-state index >= 15 is 0 Å². The molecule has 56 valence electrons. The largest absolute Gasteiger partial charge is 0.495 e. The molecule has 2 rings (SSSR count). The van der Waals surface area contributed by atoms with Gasteiger partial charge in [-0.2, -0.15) is 0 Å². The zero-order valence-corrected chi connectivity index (χ0v) is 6.26. The molecule has 2 aromatic rings. The maximum atomic E-state index is 9.01. The second-order valence-electron chi connectivity index (χ2n) is 2.24. The lowest BCUT2D eigenvalue weighted by molar-refractivity contribution is 0.458. The molecule has 0 aliphatic rings. The Morgan fingerprint density at radius 1 is 1.45 bits per heavy atom. The van der Waals surface area contributed by atoms with Crippen LogP contribution in [0.1, 0.15) is 0 Å². The lowest BCUT2D eigenvalue weighted by Crippen LogP contribution is -1.72. The van der Waals surface area contributed by atoms with Gasteiger partial charge in [0.25, 0.3) is 0 Å². The van der Waals surface area contributed by atoms with E-state index in [1.54, 1.807) is 12.1 Å². The van der Waals surface area contributed by atoms with E-state index in [0.29, 0.717) is 10.5 Å². The van der Waals surface area contributed by atoms with Crippen molar-refractivity contribution in [2.24, 2.45) is 0 Å². The molecule has 0 amide bonds. The Kier molecular flexibility index (Phi) is 1.26. The summed E-state index contributed by atoms with van der Waals surface area (Å²) >= 11 is 5.66. The van der Waals surface area contributed by atoms with Gasteiger partial charge in [-0.05, 0) is 6.07 Å². The highest BCUT2D eigenvalue weighted by molar-refractivity contribution is 6.31. The van der Waals surface area contributed by atoms with Crippen LogP contribution >= 0.6 is 11.6 Å². The molecule has 11 heavy (non-hydrogen) atoms. The first kappa shape index (κ1) is 6.49. The van der Waals surface area contributed by atoms with Gasteiger partial charge in [0.2, 0.25) is 0 Å². The van der Waals surface area contributed by atoms with E-state index in [-0.39, 0.29) is 5.88 Å². The van der Waals surface area contributed by atoms with Crippen molar-refractivity contribution in [3.63, 3.8) is 0 Å². The number of fused-ring (bicyclic) bond motifs is 1. The third-order valence-corrected chi connectivity index (χ3v) is 1.63. The van der Waals surface area contributed by atoms with Crippen LogP contribution in [-0.4, -0.2) is 15.1 Å². The van der Waals surface area contributed by atoms with Crippen LogP contribution in [0.5, 0.6) is 5.88 Å². The Morgan fingerprint density at radius 2 is 2.27 bits per heavy atom.